The number of nitrogens with one attached hydrogen (secondary N) is 1. The fraction of sp³-hybridized carbons (Fsp3) is 0.286. The molecule has 3 heterocycles. The van der Waals surface area contributed by atoms with Gasteiger partial charge in [-0.05, 0) is 50.2 Å². The molecule has 4 aromatic rings. The molecule has 1 unspecified atom stereocenters. The molecule has 2 aromatic carbocycles. The summed E-state index contributed by atoms with van der Waals surface area (Å²) in [5, 5.41) is 5.61. The Bertz CT molecular complexity index is 1640. The van der Waals surface area contributed by atoms with Gasteiger partial charge in [-0.1, -0.05) is 30.8 Å². The second-order valence-corrected chi connectivity index (χ2v) is 11.3. The average Bonchev–Trinajstić information content (AvgIpc) is 3.38. The molecule has 0 saturated carbocycles. The molecular weight excluding hydrogens is 549 g/mol. The van der Waals surface area contributed by atoms with Gasteiger partial charge in [-0.15, -0.1) is 0 Å². The Morgan fingerprint density at radius 2 is 1.95 bits per heavy atom. The summed E-state index contributed by atoms with van der Waals surface area (Å²) in [4.78, 5) is 19.9. The van der Waals surface area contributed by atoms with Crippen LogP contribution in [0, 0.1) is 5.82 Å². The lowest BCUT2D eigenvalue weighted by atomic mass is 10.1. The van der Waals surface area contributed by atoms with Crippen LogP contribution >= 0.6 is 0 Å². The summed E-state index contributed by atoms with van der Waals surface area (Å²) in [6.07, 6.45) is 5.37. The summed E-state index contributed by atoms with van der Waals surface area (Å²) in [7, 11) is -0.488. The maximum atomic E-state index is 13.7. The van der Waals surface area contributed by atoms with Crippen molar-refractivity contribution in [1.29, 1.82) is 0 Å². The number of nitrogens with two attached hydrogens (primary N) is 1. The van der Waals surface area contributed by atoms with E-state index < -0.39 is 15.8 Å². The molecule has 216 valence electrons. The SMILES string of the molecule is C=CC=O.COc1cc(S(=O)(=O)NCc2ccc(-c3nn(C4CCCN(C)C4)c4ncnc(N)c34)cc2)ccc1F. The Morgan fingerprint density at radius 1 is 1.22 bits per heavy atom. The zero-order chi connectivity index (χ0) is 29.6. The molecule has 0 radical (unpaired) electrons. The summed E-state index contributed by atoms with van der Waals surface area (Å²) in [5.74, 6) is -0.405. The number of aromatic nitrogens is 4. The van der Waals surface area contributed by atoms with Crippen LogP contribution in [0.1, 0.15) is 24.4 Å². The maximum Gasteiger partial charge on any atom is 0.241 e. The smallest absolute Gasteiger partial charge is 0.241 e. The summed E-state index contributed by atoms with van der Waals surface area (Å²) in [6, 6.07) is 11.0. The van der Waals surface area contributed by atoms with Gasteiger partial charge in [-0.2, -0.15) is 5.10 Å². The van der Waals surface area contributed by atoms with Crippen LogP contribution in [-0.2, 0) is 21.4 Å². The van der Waals surface area contributed by atoms with Gasteiger partial charge < -0.3 is 15.4 Å². The number of nitrogen functional groups attached to an aromatic ring is 1. The number of piperidine rings is 1. The highest BCUT2D eigenvalue weighted by molar-refractivity contribution is 7.89. The van der Waals surface area contributed by atoms with E-state index in [2.05, 4.69) is 33.2 Å². The van der Waals surface area contributed by atoms with Crippen molar-refractivity contribution in [2.24, 2.45) is 0 Å². The predicted molar refractivity (Wildman–Crippen MR) is 154 cm³/mol. The first kappa shape index (κ1) is 29.8. The summed E-state index contributed by atoms with van der Waals surface area (Å²) in [6.45, 7) is 5.09. The van der Waals surface area contributed by atoms with Crippen molar-refractivity contribution in [3.05, 3.63) is 72.8 Å². The quantitative estimate of drug-likeness (QED) is 0.236. The van der Waals surface area contributed by atoms with Gasteiger partial charge in [0.05, 0.1) is 23.4 Å². The molecule has 0 aliphatic carbocycles. The molecule has 0 amide bonds. The van der Waals surface area contributed by atoms with Gasteiger partial charge in [0.15, 0.2) is 17.2 Å². The van der Waals surface area contributed by atoms with E-state index in [1.807, 2.05) is 28.9 Å². The Morgan fingerprint density at radius 3 is 2.61 bits per heavy atom. The number of methoxy groups -OCH3 is 1. The zero-order valence-electron chi connectivity index (χ0n) is 22.8. The van der Waals surface area contributed by atoms with Crippen LogP contribution in [0.4, 0.5) is 10.2 Å². The van der Waals surface area contributed by atoms with Crippen LogP contribution in [0.25, 0.3) is 22.3 Å². The molecule has 41 heavy (non-hydrogen) atoms. The van der Waals surface area contributed by atoms with E-state index in [0.717, 1.165) is 49.2 Å². The summed E-state index contributed by atoms with van der Waals surface area (Å²) in [5.41, 5.74) is 9.20. The Labute approximate surface area is 237 Å². The number of carbonyl (C=O) groups is 1. The van der Waals surface area contributed by atoms with Crippen LogP contribution in [0.15, 0.2) is 66.3 Å². The molecule has 0 spiro atoms. The van der Waals surface area contributed by atoms with E-state index in [1.165, 1.54) is 25.6 Å². The maximum absolute atomic E-state index is 13.7. The summed E-state index contributed by atoms with van der Waals surface area (Å²) < 4.78 is 48.5. The lowest BCUT2D eigenvalue weighted by molar-refractivity contribution is -0.104. The lowest BCUT2D eigenvalue weighted by Crippen LogP contribution is -2.34. The first-order valence-electron chi connectivity index (χ1n) is 12.8. The molecular formula is C28H32FN7O4S. The standard InChI is InChI=1S/C25H28FN7O3S.C3H4O/c1-32-11-3-4-18(14-32)33-25-22(24(27)28-15-29-25)23(31-33)17-7-5-16(6-8-17)13-30-37(34,35)19-9-10-20(26)21(12-19)36-2;1-2-3-4/h5-10,12,15,18,30H,3-4,11,13-14H2,1-2H3,(H2,27,28,29);2-3H,1H2. The molecule has 1 aliphatic rings. The molecule has 2 aromatic heterocycles. The molecule has 11 nitrogen and oxygen atoms in total. The molecule has 3 N–H and O–H groups in total. The third-order valence-corrected chi connectivity index (χ3v) is 8.09. The zero-order valence-corrected chi connectivity index (χ0v) is 23.6. The molecule has 1 aliphatic heterocycles. The van der Waals surface area contributed by atoms with Crippen molar-refractivity contribution < 1.29 is 22.3 Å². The van der Waals surface area contributed by atoms with Crippen LogP contribution in [0.3, 0.4) is 0 Å². The van der Waals surface area contributed by atoms with E-state index in [4.69, 9.17) is 20.4 Å². The van der Waals surface area contributed by atoms with Crippen LogP contribution in [0.2, 0.25) is 0 Å². The number of aldehydes is 1. The van der Waals surface area contributed by atoms with Crippen LogP contribution in [-0.4, -0.2) is 66.6 Å². The first-order valence-corrected chi connectivity index (χ1v) is 14.3. The molecule has 13 heteroatoms. The topological polar surface area (TPSA) is 145 Å². The van der Waals surface area contributed by atoms with Gasteiger partial charge in [0.25, 0.3) is 0 Å². The van der Waals surface area contributed by atoms with Gasteiger partial charge in [0.2, 0.25) is 10.0 Å². The number of nitrogens with zero attached hydrogens (tertiary/aromatic N) is 5. The lowest BCUT2D eigenvalue weighted by Gasteiger charge is -2.29. The number of ether oxygens (including phenoxy) is 1. The van der Waals surface area contributed by atoms with Crippen LogP contribution < -0.4 is 15.2 Å². The molecule has 1 saturated heterocycles. The fourth-order valence-corrected chi connectivity index (χ4v) is 5.67. The Hall–Kier alpha value is -4.20. The number of likely N-dealkylation sites (N-methyl/N-ethyl adjacent to an activating group) is 1. The Balaban J connectivity index is 0.000000909. The molecule has 1 fully saturated rings. The highest BCUT2D eigenvalue weighted by Crippen LogP contribution is 2.33. The average molecular weight is 582 g/mol. The van der Waals surface area contributed by atoms with E-state index in [9.17, 15) is 12.8 Å². The van der Waals surface area contributed by atoms with Gasteiger partial charge in [0, 0.05) is 24.7 Å². The first-order chi connectivity index (χ1) is 19.7. The number of fused-ring (bicyclic) bond motifs is 1. The highest BCUT2D eigenvalue weighted by atomic mass is 32.2. The fourth-order valence-electron chi connectivity index (χ4n) is 4.64. The number of hydrogen-bond acceptors (Lipinski definition) is 9. The van der Waals surface area contributed by atoms with Crippen molar-refractivity contribution in [1.82, 2.24) is 29.4 Å². The van der Waals surface area contributed by atoms with E-state index in [1.54, 1.807) is 0 Å². The van der Waals surface area contributed by atoms with E-state index >= 15 is 0 Å². The second-order valence-electron chi connectivity index (χ2n) is 9.50. The third-order valence-electron chi connectivity index (χ3n) is 6.69. The highest BCUT2D eigenvalue weighted by Gasteiger charge is 2.25. The van der Waals surface area contributed by atoms with Gasteiger partial charge in [-0.3, -0.25) is 4.79 Å². The van der Waals surface area contributed by atoms with Gasteiger partial charge in [-0.25, -0.2) is 32.2 Å². The van der Waals surface area contributed by atoms with Crippen LogP contribution in [0.5, 0.6) is 5.75 Å². The van der Waals surface area contributed by atoms with Crippen molar-refractivity contribution >= 4 is 33.2 Å². The third kappa shape index (κ3) is 6.76. The number of benzene rings is 2. The number of carbonyl (C=O) groups excluding carboxylic acids is 1. The van der Waals surface area contributed by atoms with Crippen molar-refractivity contribution in [3.8, 4) is 17.0 Å². The number of rotatable bonds is 8. The number of sulfonamides is 1. The molecule has 1 atom stereocenters. The van der Waals surface area contributed by atoms with Crippen molar-refractivity contribution in [3.63, 3.8) is 0 Å². The number of anilines is 1. The number of halogens is 1. The largest absolute Gasteiger partial charge is 0.494 e. The van der Waals surface area contributed by atoms with Gasteiger partial charge >= 0.3 is 0 Å². The van der Waals surface area contributed by atoms with Crippen molar-refractivity contribution in [2.45, 2.75) is 30.3 Å². The van der Waals surface area contributed by atoms with E-state index in [0.29, 0.717) is 28.8 Å². The monoisotopic (exact) mass is 581 g/mol. The normalized spacial score (nSPS) is 15.6. The number of hydrogen-bond donors (Lipinski definition) is 2. The van der Waals surface area contributed by atoms with E-state index in [-0.39, 0.29) is 23.2 Å². The molecule has 5 rings (SSSR count). The summed E-state index contributed by atoms with van der Waals surface area (Å²) >= 11 is 0. The minimum absolute atomic E-state index is 0.0527. The molecule has 0 bridgehead atoms. The van der Waals surface area contributed by atoms with Gasteiger partial charge in [0.1, 0.15) is 24.1 Å². The second kappa shape index (κ2) is 13.0. The number of likely N-dealkylation sites (tertiary alicyclic amines) is 1. The minimum atomic E-state index is -3.87. The predicted octanol–water partition coefficient (Wildman–Crippen LogP) is 3.34. The number of allylic oxidation sites excluding steroid dienone is 1. The van der Waals surface area contributed by atoms with Crippen molar-refractivity contribution in [2.75, 3.05) is 33.0 Å². The Kier molecular flexibility index (Phi) is 9.42. The minimum Gasteiger partial charge on any atom is -0.494 e.